The zero-order chi connectivity index (χ0) is 16.7. The Morgan fingerprint density at radius 3 is 2.43 bits per heavy atom. The number of carbonyl (C=O) groups excluding carboxylic acids is 1. The van der Waals surface area contributed by atoms with Crippen LogP contribution >= 0.6 is 0 Å². The molecule has 0 saturated heterocycles. The summed E-state index contributed by atoms with van der Waals surface area (Å²) in [6.45, 7) is 4.21. The summed E-state index contributed by atoms with van der Waals surface area (Å²) < 4.78 is 51.5. The van der Waals surface area contributed by atoms with Crippen LogP contribution in [0.1, 0.15) is 27.2 Å². The van der Waals surface area contributed by atoms with Gasteiger partial charge in [-0.3, -0.25) is 4.18 Å². The van der Waals surface area contributed by atoms with E-state index in [1.165, 1.54) is 13.8 Å². The maximum atomic E-state index is 11.6. The van der Waals surface area contributed by atoms with Gasteiger partial charge in [0.25, 0.3) is 10.1 Å². The Labute approximate surface area is 127 Å². The van der Waals surface area contributed by atoms with E-state index >= 15 is 0 Å². The molecule has 2 N–H and O–H groups in total. The van der Waals surface area contributed by atoms with Crippen molar-refractivity contribution in [2.24, 2.45) is 5.41 Å². The predicted molar refractivity (Wildman–Crippen MR) is 76.4 cm³/mol. The first-order chi connectivity index (χ1) is 9.52. The van der Waals surface area contributed by atoms with Crippen LogP contribution in [0.25, 0.3) is 0 Å². The molecular weight excluding hydrogens is 324 g/mol. The van der Waals surface area contributed by atoms with E-state index in [-0.39, 0.29) is 18.8 Å². The average Bonchev–Trinajstić information content (AvgIpc) is 2.35. The molecule has 0 aliphatic carbocycles. The van der Waals surface area contributed by atoms with E-state index in [2.05, 4.69) is 4.74 Å². The molecule has 0 radical (unpaired) electrons. The summed E-state index contributed by atoms with van der Waals surface area (Å²) in [5.74, 6) is -1.43. The van der Waals surface area contributed by atoms with Gasteiger partial charge in [-0.1, -0.05) is 13.8 Å². The van der Waals surface area contributed by atoms with Gasteiger partial charge < -0.3 is 14.4 Å². The summed E-state index contributed by atoms with van der Waals surface area (Å²) in [4.78, 5) is 11.4. The van der Waals surface area contributed by atoms with Gasteiger partial charge in [-0.25, -0.2) is 9.00 Å². The van der Waals surface area contributed by atoms with E-state index in [1.54, 1.807) is 6.92 Å². The highest BCUT2D eigenvalue weighted by molar-refractivity contribution is 7.86. The minimum absolute atomic E-state index is 0.0215. The lowest BCUT2D eigenvalue weighted by atomic mass is 9.88. The Kier molecular flexibility index (Phi) is 8.56. The summed E-state index contributed by atoms with van der Waals surface area (Å²) in [6.07, 6.45) is -1.54. The molecule has 2 atom stereocenters. The van der Waals surface area contributed by atoms with Gasteiger partial charge in [0, 0.05) is 5.41 Å². The van der Waals surface area contributed by atoms with Gasteiger partial charge in [-0.05, 0) is 13.3 Å². The number of esters is 1. The molecule has 0 heterocycles. The van der Waals surface area contributed by atoms with Crippen LogP contribution in [0.4, 0.5) is 0 Å². The first-order valence-electron chi connectivity index (χ1n) is 6.31. The number of carbonyl (C=O) groups is 1. The van der Waals surface area contributed by atoms with Crippen LogP contribution < -0.4 is 0 Å². The van der Waals surface area contributed by atoms with E-state index in [0.717, 1.165) is 0 Å². The van der Waals surface area contributed by atoms with Gasteiger partial charge in [0.15, 0.2) is 17.2 Å². The first-order valence-corrected chi connectivity index (χ1v) is 9.16. The van der Waals surface area contributed by atoms with Gasteiger partial charge >= 0.3 is 5.97 Å². The Hall–Kier alpha value is -0.550. The second kappa shape index (κ2) is 8.79. The molecule has 126 valence electrons. The third-order valence-electron chi connectivity index (χ3n) is 2.57. The molecule has 0 bridgehead atoms. The van der Waals surface area contributed by atoms with Gasteiger partial charge in [0.05, 0.1) is 24.7 Å². The molecular formula is C11H22O8S2. The molecule has 0 aliphatic heterocycles. The first kappa shape index (κ1) is 20.5. The lowest BCUT2D eigenvalue weighted by molar-refractivity contribution is -0.160. The maximum Gasteiger partial charge on any atom is 0.335 e. The molecule has 0 aromatic heterocycles. The maximum absolute atomic E-state index is 11.6. The minimum atomic E-state index is -3.89. The van der Waals surface area contributed by atoms with Crippen LogP contribution in [0, 0.1) is 5.41 Å². The minimum Gasteiger partial charge on any atom is -0.464 e. The number of ether oxygens (including phenoxy) is 1. The van der Waals surface area contributed by atoms with Crippen molar-refractivity contribution in [3.05, 3.63) is 0 Å². The predicted octanol–water partition coefficient (Wildman–Crippen LogP) is -0.105. The zero-order valence-corrected chi connectivity index (χ0v) is 13.9. The molecule has 0 rings (SSSR count). The highest BCUT2D eigenvalue weighted by Gasteiger charge is 2.36. The van der Waals surface area contributed by atoms with Crippen LogP contribution in [0.3, 0.4) is 0 Å². The zero-order valence-electron chi connectivity index (χ0n) is 12.3. The molecule has 0 spiro atoms. The SMILES string of the molecule is CCOC(=O)[C@H](O)C(C)(C)COS(=O)(=O)CCCS(=O)O. The Morgan fingerprint density at radius 1 is 1.38 bits per heavy atom. The van der Waals surface area contributed by atoms with Crippen molar-refractivity contribution >= 4 is 27.2 Å². The standard InChI is InChI=1S/C11H22O8S2/c1-4-18-10(13)9(12)11(2,3)8-19-21(16,17)7-5-6-20(14)15/h9,12H,4-8H2,1-3H3,(H,14,15)/t9-/m0/s1. The van der Waals surface area contributed by atoms with Crippen LogP contribution in [0.2, 0.25) is 0 Å². The molecule has 0 saturated carbocycles. The van der Waals surface area contributed by atoms with Crippen molar-refractivity contribution < 1.29 is 36.0 Å². The second-order valence-corrected chi connectivity index (χ2v) is 7.86. The summed E-state index contributed by atoms with van der Waals surface area (Å²) in [5.41, 5.74) is -1.15. The molecule has 0 amide bonds. The van der Waals surface area contributed by atoms with Crippen molar-refractivity contribution in [1.82, 2.24) is 0 Å². The van der Waals surface area contributed by atoms with E-state index in [4.69, 9.17) is 8.74 Å². The third kappa shape index (κ3) is 8.47. The van der Waals surface area contributed by atoms with Crippen molar-refractivity contribution in [1.29, 1.82) is 0 Å². The normalized spacial score (nSPS) is 15.5. The lowest BCUT2D eigenvalue weighted by Crippen LogP contribution is -2.41. The number of hydrogen-bond donors (Lipinski definition) is 2. The van der Waals surface area contributed by atoms with Crippen LogP contribution in [0.15, 0.2) is 0 Å². The van der Waals surface area contributed by atoms with Crippen molar-refractivity contribution in [3.8, 4) is 0 Å². The van der Waals surface area contributed by atoms with Crippen LogP contribution in [0.5, 0.6) is 0 Å². The molecule has 10 heteroatoms. The topological polar surface area (TPSA) is 127 Å². The summed E-state index contributed by atoms with van der Waals surface area (Å²) >= 11 is -2.06. The Balaban J connectivity index is 4.46. The van der Waals surface area contributed by atoms with Crippen LogP contribution in [-0.4, -0.2) is 59.1 Å². The summed E-state index contributed by atoms with van der Waals surface area (Å²) in [7, 11) is -3.89. The van der Waals surface area contributed by atoms with Gasteiger partial charge in [-0.2, -0.15) is 8.42 Å². The fourth-order valence-electron chi connectivity index (χ4n) is 1.28. The lowest BCUT2D eigenvalue weighted by Gasteiger charge is -2.28. The monoisotopic (exact) mass is 346 g/mol. The van der Waals surface area contributed by atoms with Crippen LogP contribution in [-0.2, 0) is 34.9 Å². The molecule has 0 aromatic rings. The van der Waals surface area contributed by atoms with E-state index in [0.29, 0.717) is 0 Å². The number of rotatable bonds is 10. The Bertz CT molecular complexity index is 457. The molecule has 0 aliphatic rings. The molecule has 0 aromatic carbocycles. The quantitative estimate of drug-likeness (QED) is 0.319. The van der Waals surface area contributed by atoms with Gasteiger partial charge in [-0.15, -0.1) is 0 Å². The third-order valence-corrected chi connectivity index (χ3v) is 4.48. The second-order valence-electron chi connectivity index (χ2n) is 5.05. The Morgan fingerprint density at radius 2 is 1.95 bits per heavy atom. The van der Waals surface area contributed by atoms with Gasteiger partial charge in [0.1, 0.15) is 0 Å². The summed E-state index contributed by atoms with van der Waals surface area (Å²) in [6, 6.07) is 0. The van der Waals surface area contributed by atoms with E-state index < -0.39 is 51.0 Å². The molecule has 8 nitrogen and oxygen atoms in total. The van der Waals surface area contributed by atoms with Crippen molar-refractivity contribution in [2.75, 3.05) is 24.7 Å². The molecule has 21 heavy (non-hydrogen) atoms. The number of aliphatic hydroxyl groups is 1. The molecule has 0 fully saturated rings. The van der Waals surface area contributed by atoms with Crippen molar-refractivity contribution in [2.45, 2.75) is 33.3 Å². The molecule has 1 unspecified atom stereocenters. The fraction of sp³-hybridized carbons (Fsp3) is 0.909. The number of hydrogen-bond acceptors (Lipinski definition) is 7. The van der Waals surface area contributed by atoms with E-state index in [9.17, 15) is 22.5 Å². The fourth-order valence-corrected chi connectivity index (χ4v) is 2.95. The summed E-state index contributed by atoms with van der Waals surface area (Å²) in [5, 5.41) is 9.80. The largest absolute Gasteiger partial charge is 0.464 e. The average molecular weight is 346 g/mol. The van der Waals surface area contributed by atoms with E-state index in [1.807, 2.05) is 0 Å². The smallest absolute Gasteiger partial charge is 0.335 e. The highest BCUT2D eigenvalue weighted by Crippen LogP contribution is 2.23. The van der Waals surface area contributed by atoms with Crippen molar-refractivity contribution in [3.63, 3.8) is 0 Å². The van der Waals surface area contributed by atoms with Gasteiger partial charge in [0.2, 0.25) is 0 Å². The number of aliphatic hydroxyl groups excluding tert-OH is 1. The highest BCUT2D eigenvalue weighted by atomic mass is 32.2.